The first-order chi connectivity index (χ1) is 16.0. The van der Waals surface area contributed by atoms with E-state index < -0.39 is 15.9 Å². The molecule has 1 fully saturated rings. The van der Waals surface area contributed by atoms with Crippen molar-refractivity contribution in [3.05, 3.63) is 77.6 Å². The summed E-state index contributed by atoms with van der Waals surface area (Å²) in [5.41, 5.74) is 1.87. The molecule has 1 amide bonds. The molecule has 0 atom stereocenters. The molecule has 2 heterocycles. The summed E-state index contributed by atoms with van der Waals surface area (Å²) in [5, 5.41) is 11.5. The standard InChI is InChI=1S/C24H23N3O5S/c25-16-18-6-4-7-19(14-18)17-31-21-9-5-8-20(15-21)26-24(28)22-10-11-23(32-22)33(29,30)27-12-2-1-3-13-27/h4-11,14-15H,1-3,12-13,17H2,(H,26,28). The molecular weight excluding hydrogens is 442 g/mol. The van der Waals surface area contributed by atoms with Crippen molar-refractivity contribution in [2.45, 2.75) is 31.0 Å². The average Bonchev–Trinajstić information content (AvgIpc) is 3.35. The zero-order chi connectivity index (χ0) is 23.3. The van der Waals surface area contributed by atoms with E-state index in [9.17, 15) is 13.2 Å². The van der Waals surface area contributed by atoms with Crippen LogP contribution in [0.4, 0.5) is 5.69 Å². The smallest absolute Gasteiger partial charge is 0.291 e. The molecule has 8 nitrogen and oxygen atoms in total. The number of piperidine rings is 1. The van der Waals surface area contributed by atoms with Gasteiger partial charge in [-0.3, -0.25) is 4.79 Å². The average molecular weight is 466 g/mol. The van der Waals surface area contributed by atoms with E-state index in [1.165, 1.54) is 16.4 Å². The summed E-state index contributed by atoms with van der Waals surface area (Å²) < 4.78 is 38.0. The Morgan fingerprint density at radius 2 is 1.85 bits per heavy atom. The molecule has 33 heavy (non-hydrogen) atoms. The minimum Gasteiger partial charge on any atom is -0.489 e. The normalized spacial score (nSPS) is 14.4. The number of ether oxygens (including phenoxy) is 1. The van der Waals surface area contributed by atoms with E-state index >= 15 is 0 Å². The number of anilines is 1. The van der Waals surface area contributed by atoms with Crippen molar-refractivity contribution < 1.29 is 22.4 Å². The van der Waals surface area contributed by atoms with Crippen LogP contribution in [0.3, 0.4) is 0 Å². The second-order valence-corrected chi connectivity index (χ2v) is 9.54. The van der Waals surface area contributed by atoms with Crippen molar-refractivity contribution in [3.63, 3.8) is 0 Å². The fraction of sp³-hybridized carbons (Fsp3) is 0.250. The molecule has 3 aromatic rings. The number of hydrogen-bond donors (Lipinski definition) is 1. The highest BCUT2D eigenvalue weighted by Crippen LogP contribution is 2.24. The Morgan fingerprint density at radius 3 is 2.64 bits per heavy atom. The molecule has 0 spiro atoms. The summed E-state index contributed by atoms with van der Waals surface area (Å²) in [6, 6.07) is 18.7. The minimum atomic E-state index is -3.75. The van der Waals surface area contributed by atoms with Gasteiger partial charge in [-0.25, -0.2) is 8.42 Å². The van der Waals surface area contributed by atoms with Crippen LogP contribution in [-0.2, 0) is 16.6 Å². The van der Waals surface area contributed by atoms with Gasteiger partial charge >= 0.3 is 0 Å². The molecule has 0 aliphatic carbocycles. The SMILES string of the molecule is N#Cc1cccc(COc2cccc(NC(=O)c3ccc(S(=O)(=O)N4CCCCC4)o3)c2)c1. The van der Waals surface area contributed by atoms with Crippen molar-refractivity contribution in [1.82, 2.24) is 4.31 Å². The van der Waals surface area contributed by atoms with Gasteiger partial charge < -0.3 is 14.5 Å². The first kappa shape index (κ1) is 22.6. The Labute approximate surface area is 192 Å². The number of carbonyl (C=O) groups excluding carboxylic acids is 1. The molecule has 1 aromatic heterocycles. The Bertz CT molecular complexity index is 1290. The number of nitrogens with one attached hydrogen (secondary N) is 1. The monoisotopic (exact) mass is 465 g/mol. The highest BCUT2D eigenvalue weighted by Gasteiger charge is 2.29. The van der Waals surface area contributed by atoms with Gasteiger partial charge in [0, 0.05) is 24.8 Å². The number of sulfonamides is 1. The number of rotatable bonds is 7. The Hall–Kier alpha value is -3.61. The highest BCUT2D eigenvalue weighted by atomic mass is 32.2. The molecule has 2 aromatic carbocycles. The molecule has 0 saturated carbocycles. The fourth-order valence-corrected chi connectivity index (χ4v) is 5.00. The van der Waals surface area contributed by atoms with Crippen LogP contribution in [0, 0.1) is 11.3 Å². The number of amides is 1. The van der Waals surface area contributed by atoms with Crippen molar-refractivity contribution >= 4 is 21.6 Å². The molecule has 1 aliphatic rings. The molecule has 9 heteroatoms. The summed E-state index contributed by atoms with van der Waals surface area (Å²) in [5.74, 6) is -0.123. The summed E-state index contributed by atoms with van der Waals surface area (Å²) in [6.07, 6.45) is 2.64. The zero-order valence-corrected chi connectivity index (χ0v) is 18.7. The van der Waals surface area contributed by atoms with E-state index in [0.29, 0.717) is 30.1 Å². The maximum Gasteiger partial charge on any atom is 0.291 e. The number of nitrogens with zero attached hydrogens (tertiary/aromatic N) is 2. The summed E-state index contributed by atoms with van der Waals surface area (Å²) in [7, 11) is -3.75. The van der Waals surface area contributed by atoms with Crippen LogP contribution >= 0.6 is 0 Å². The third-order valence-electron chi connectivity index (χ3n) is 5.27. The number of hydrogen-bond acceptors (Lipinski definition) is 6. The van der Waals surface area contributed by atoms with E-state index in [1.54, 1.807) is 42.5 Å². The molecule has 1 N–H and O–H groups in total. The van der Waals surface area contributed by atoms with Crippen molar-refractivity contribution in [2.75, 3.05) is 18.4 Å². The van der Waals surface area contributed by atoms with Gasteiger partial charge in [-0.15, -0.1) is 0 Å². The van der Waals surface area contributed by atoms with Gasteiger partial charge in [0.15, 0.2) is 5.76 Å². The molecule has 4 rings (SSSR count). The van der Waals surface area contributed by atoms with E-state index in [1.807, 2.05) is 6.07 Å². The van der Waals surface area contributed by atoms with Crippen LogP contribution in [0.15, 0.2) is 70.2 Å². The fourth-order valence-electron chi connectivity index (χ4n) is 3.57. The van der Waals surface area contributed by atoms with Crippen molar-refractivity contribution in [1.29, 1.82) is 5.26 Å². The summed E-state index contributed by atoms with van der Waals surface area (Å²) in [4.78, 5) is 12.6. The second-order valence-electron chi connectivity index (χ2n) is 7.67. The Morgan fingerprint density at radius 1 is 1.06 bits per heavy atom. The highest BCUT2D eigenvalue weighted by molar-refractivity contribution is 7.89. The number of carbonyl (C=O) groups is 1. The van der Waals surface area contributed by atoms with Gasteiger partial charge in [0.25, 0.3) is 15.9 Å². The van der Waals surface area contributed by atoms with E-state index in [4.69, 9.17) is 14.4 Å². The lowest BCUT2D eigenvalue weighted by Crippen LogP contribution is -2.35. The third-order valence-corrected chi connectivity index (χ3v) is 7.04. The van der Waals surface area contributed by atoms with Crippen LogP contribution in [0.25, 0.3) is 0 Å². The van der Waals surface area contributed by atoms with Gasteiger partial charge in [-0.05, 0) is 54.8 Å². The zero-order valence-electron chi connectivity index (χ0n) is 17.9. The largest absolute Gasteiger partial charge is 0.489 e. The molecule has 1 aliphatic heterocycles. The molecule has 1 saturated heterocycles. The van der Waals surface area contributed by atoms with Crippen LogP contribution in [-0.4, -0.2) is 31.7 Å². The predicted octanol–water partition coefficient (Wildman–Crippen LogP) is 4.16. The molecule has 0 radical (unpaired) electrons. The number of benzene rings is 2. The second kappa shape index (κ2) is 9.90. The van der Waals surface area contributed by atoms with Gasteiger partial charge in [0.2, 0.25) is 5.09 Å². The van der Waals surface area contributed by atoms with E-state index in [2.05, 4.69) is 11.4 Å². The lowest BCUT2D eigenvalue weighted by atomic mass is 10.1. The molecule has 0 bridgehead atoms. The van der Waals surface area contributed by atoms with Gasteiger partial charge in [-0.2, -0.15) is 9.57 Å². The minimum absolute atomic E-state index is 0.0924. The van der Waals surface area contributed by atoms with Crippen LogP contribution < -0.4 is 10.1 Å². The van der Waals surface area contributed by atoms with Crippen molar-refractivity contribution in [3.8, 4) is 11.8 Å². The summed E-state index contributed by atoms with van der Waals surface area (Å²) in [6.45, 7) is 1.18. The van der Waals surface area contributed by atoms with Gasteiger partial charge in [0.1, 0.15) is 12.4 Å². The Kier molecular flexibility index (Phi) is 6.77. The van der Waals surface area contributed by atoms with Gasteiger partial charge in [-0.1, -0.05) is 24.6 Å². The van der Waals surface area contributed by atoms with Crippen LogP contribution in [0.5, 0.6) is 5.75 Å². The first-order valence-electron chi connectivity index (χ1n) is 10.6. The lowest BCUT2D eigenvalue weighted by Gasteiger charge is -2.24. The van der Waals surface area contributed by atoms with Crippen LogP contribution in [0.1, 0.15) is 40.9 Å². The Balaban J connectivity index is 1.40. The maximum atomic E-state index is 12.7. The topological polar surface area (TPSA) is 113 Å². The predicted molar refractivity (Wildman–Crippen MR) is 121 cm³/mol. The third kappa shape index (κ3) is 5.42. The number of furan rings is 1. The maximum absolute atomic E-state index is 12.7. The molecule has 170 valence electrons. The summed E-state index contributed by atoms with van der Waals surface area (Å²) >= 11 is 0. The first-order valence-corrected chi connectivity index (χ1v) is 12.0. The lowest BCUT2D eigenvalue weighted by molar-refractivity contribution is 0.0991. The number of nitriles is 1. The molecule has 0 unspecified atom stereocenters. The van der Waals surface area contributed by atoms with Gasteiger partial charge in [0.05, 0.1) is 11.6 Å². The quantitative estimate of drug-likeness (QED) is 0.561. The van der Waals surface area contributed by atoms with E-state index in [0.717, 1.165) is 24.8 Å². The van der Waals surface area contributed by atoms with Crippen LogP contribution in [0.2, 0.25) is 0 Å². The van der Waals surface area contributed by atoms with Crippen molar-refractivity contribution in [2.24, 2.45) is 0 Å². The molecular formula is C24H23N3O5S. The van der Waals surface area contributed by atoms with E-state index in [-0.39, 0.29) is 17.5 Å².